The van der Waals surface area contributed by atoms with E-state index in [2.05, 4.69) is 10.6 Å². The Balaban J connectivity index is 1.54. The number of nitrogens with zero attached hydrogens (tertiary/aromatic N) is 2. The summed E-state index contributed by atoms with van der Waals surface area (Å²) in [5.41, 5.74) is 1.09. The molecule has 3 amide bonds. The van der Waals surface area contributed by atoms with Crippen molar-refractivity contribution in [2.45, 2.75) is 25.8 Å². The van der Waals surface area contributed by atoms with Gasteiger partial charge in [-0.25, -0.2) is 0 Å². The summed E-state index contributed by atoms with van der Waals surface area (Å²) in [6.45, 7) is 5.22. The number of hydrogen-bond acceptors (Lipinski definition) is 7. The van der Waals surface area contributed by atoms with Crippen LogP contribution in [0.2, 0.25) is 0 Å². The molecule has 0 saturated carbocycles. The number of benzene rings is 1. The van der Waals surface area contributed by atoms with E-state index in [1.807, 2.05) is 6.92 Å². The van der Waals surface area contributed by atoms with Crippen molar-refractivity contribution in [3.8, 4) is 0 Å². The van der Waals surface area contributed by atoms with Gasteiger partial charge < -0.3 is 25.0 Å². The number of ether oxygens (including phenoxy) is 2. The van der Waals surface area contributed by atoms with Crippen LogP contribution >= 0.6 is 0 Å². The number of esters is 1. The van der Waals surface area contributed by atoms with Gasteiger partial charge in [0.1, 0.15) is 6.04 Å². The normalized spacial score (nSPS) is 19.2. The van der Waals surface area contributed by atoms with Gasteiger partial charge in [-0.1, -0.05) is 6.92 Å². The number of hydrogen-bond donors (Lipinski definition) is 2. The van der Waals surface area contributed by atoms with E-state index in [0.717, 1.165) is 0 Å². The van der Waals surface area contributed by atoms with E-state index >= 15 is 0 Å². The van der Waals surface area contributed by atoms with Crippen molar-refractivity contribution in [1.82, 2.24) is 15.1 Å². The molecule has 0 bridgehead atoms. The molecule has 2 aliphatic heterocycles. The SMILES string of the molecule is CCCOC(=O)CC1C(=O)NCCN1CC(=O)Nc1ccc(C(=O)N2CCOCC2)cc1. The van der Waals surface area contributed by atoms with Crippen LogP contribution in [-0.2, 0) is 23.9 Å². The summed E-state index contributed by atoms with van der Waals surface area (Å²) in [6.07, 6.45) is 0.600. The van der Waals surface area contributed by atoms with Gasteiger partial charge in [-0.3, -0.25) is 24.1 Å². The summed E-state index contributed by atoms with van der Waals surface area (Å²) in [7, 11) is 0. The predicted molar refractivity (Wildman–Crippen MR) is 116 cm³/mol. The minimum absolute atomic E-state index is 0.0341. The monoisotopic (exact) mass is 446 g/mol. The number of rotatable bonds is 8. The molecule has 1 aromatic carbocycles. The topological polar surface area (TPSA) is 117 Å². The maximum Gasteiger partial charge on any atom is 0.307 e. The highest BCUT2D eigenvalue weighted by molar-refractivity contribution is 5.96. The van der Waals surface area contributed by atoms with Gasteiger partial charge in [0.05, 0.1) is 32.8 Å². The molecule has 32 heavy (non-hydrogen) atoms. The third-order valence-corrected chi connectivity index (χ3v) is 5.33. The molecule has 2 N–H and O–H groups in total. The summed E-state index contributed by atoms with van der Waals surface area (Å²) in [6, 6.07) is 5.96. The molecule has 10 nitrogen and oxygen atoms in total. The van der Waals surface area contributed by atoms with Crippen LogP contribution in [0.25, 0.3) is 0 Å². The first-order chi connectivity index (χ1) is 15.5. The first-order valence-electron chi connectivity index (χ1n) is 10.9. The molecule has 0 aliphatic carbocycles. The fourth-order valence-corrected chi connectivity index (χ4v) is 3.64. The van der Waals surface area contributed by atoms with Crippen molar-refractivity contribution in [2.24, 2.45) is 0 Å². The van der Waals surface area contributed by atoms with E-state index in [-0.39, 0.29) is 30.7 Å². The highest BCUT2D eigenvalue weighted by Gasteiger charge is 2.33. The van der Waals surface area contributed by atoms with Crippen LogP contribution < -0.4 is 10.6 Å². The molecule has 10 heteroatoms. The molecule has 1 unspecified atom stereocenters. The molecule has 174 valence electrons. The fourth-order valence-electron chi connectivity index (χ4n) is 3.64. The Kier molecular flexibility index (Phi) is 8.57. The highest BCUT2D eigenvalue weighted by Crippen LogP contribution is 2.14. The van der Waals surface area contributed by atoms with E-state index in [4.69, 9.17) is 9.47 Å². The largest absolute Gasteiger partial charge is 0.466 e. The van der Waals surface area contributed by atoms with E-state index in [1.54, 1.807) is 34.1 Å². The van der Waals surface area contributed by atoms with Gasteiger partial charge in [0.25, 0.3) is 5.91 Å². The average Bonchev–Trinajstić information content (AvgIpc) is 2.80. The fraction of sp³-hybridized carbons (Fsp3) is 0.545. The van der Waals surface area contributed by atoms with Crippen LogP contribution in [0.5, 0.6) is 0 Å². The standard InChI is InChI=1S/C22H30N4O6/c1-2-11-32-20(28)14-18-21(29)23-7-8-26(18)15-19(27)24-17-5-3-16(4-6-17)22(30)25-9-12-31-13-10-25/h3-6,18H,2,7-15H2,1H3,(H,23,29)(H,24,27). The lowest BCUT2D eigenvalue weighted by Crippen LogP contribution is -2.57. The summed E-state index contributed by atoms with van der Waals surface area (Å²) in [5.74, 6) is -1.12. The lowest BCUT2D eigenvalue weighted by molar-refractivity contribution is -0.148. The molecule has 3 rings (SSSR count). The Hall–Kier alpha value is -2.98. The first-order valence-corrected chi connectivity index (χ1v) is 10.9. The molecule has 0 radical (unpaired) electrons. The molecule has 0 spiro atoms. The van der Waals surface area contributed by atoms with Crippen molar-refractivity contribution in [1.29, 1.82) is 0 Å². The summed E-state index contributed by atoms with van der Waals surface area (Å²) in [5, 5.41) is 5.51. The van der Waals surface area contributed by atoms with Crippen LogP contribution in [0, 0.1) is 0 Å². The first kappa shape index (κ1) is 23.7. The second-order valence-corrected chi connectivity index (χ2v) is 7.73. The van der Waals surface area contributed by atoms with Crippen LogP contribution in [0.4, 0.5) is 5.69 Å². The maximum atomic E-state index is 12.6. The van der Waals surface area contributed by atoms with Crippen molar-refractivity contribution < 1.29 is 28.7 Å². The quantitative estimate of drug-likeness (QED) is 0.550. The van der Waals surface area contributed by atoms with Crippen LogP contribution in [-0.4, -0.2) is 92.1 Å². The molecule has 2 saturated heterocycles. The lowest BCUT2D eigenvalue weighted by Gasteiger charge is -2.33. The van der Waals surface area contributed by atoms with Gasteiger partial charge in [-0.15, -0.1) is 0 Å². The highest BCUT2D eigenvalue weighted by atomic mass is 16.5. The molecule has 1 atom stereocenters. The minimum Gasteiger partial charge on any atom is -0.466 e. The Morgan fingerprint density at radius 1 is 1.16 bits per heavy atom. The Bertz CT molecular complexity index is 822. The Morgan fingerprint density at radius 2 is 1.88 bits per heavy atom. The third kappa shape index (κ3) is 6.51. The summed E-state index contributed by atoms with van der Waals surface area (Å²) >= 11 is 0. The van der Waals surface area contributed by atoms with Gasteiger partial charge in [-0.05, 0) is 30.7 Å². The molecular weight excluding hydrogens is 416 g/mol. The number of morpholine rings is 1. The number of carbonyl (C=O) groups excluding carboxylic acids is 4. The zero-order chi connectivity index (χ0) is 22.9. The van der Waals surface area contributed by atoms with Gasteiger partial charge in [-0.2, -0.15) is 0 Å². The number of nitrogens with one attached hydrogen (secondary N) is 2. The van der Waals surface area contributed by atoms with Crippen molar-refractivity contribution >= 4 is 29.4 Å². The van der Waals surface area contributed by atoms with Gasteiger partial charge in [0, 0.05) is 37.4 Å². The third-order valence-electron chi connectivity index (χ3n) is 5.33. The molecular formula is C22H30N4O6. The number of carbonyl (C=O) groups is 4. The minimum atomic E-state index is -0.743. The second-order valence-electron chi connectivity index (χ2n) is 7.73. The molecule has 1 aromatic rings. The Labute approximate surface area is 187 Å². The molecule has 0 aromatic heterocycles. The summed E-state index contributed by atoms with van der Waals surface area (Å²) in [4.78, 5) is 52.7. The number of anilines is 1. The smallest absolute Gasteiger partial charge is 0.307 e. The molecule has 2 fully saturated rings. The molecule has 2 heterocycles. The predicted octanol–water partition coefficient (Wildman–Crippen LogP) is 0.241. The second kappa shape index (κ2) is 11.6. The van der Waals surface area contributed by atoms with Gasteiger partial charge >= 0.3 is 5.97 Å². The lowest BCUT2D eigenvalue weighted by atomic mass is 10.1. The number of amides is 3. The van der Waals surface area contributed by atoms with Gasteiger partial charge in [0.2, 0.25) is 11.8 Å². The van der Waals surface area contributed by atoms with Crippen LogP contribution in [0.3, 0.4) is 0 Å². The number of piperazine rings is 1. The van der Waals surface area contributed by atoms with E-state index in [1.165, 1.54) is 0 Å². The van der Waals surface area contributed by atoms with Crippen LogP contribution in [0.1, 0.15) is 30.1 Å². The van der Waals surface area contributed by atoms with Crippen LogP contribution in [0.15, 0.2) is 24.3 Å². The zero-order valence-corrected chi connectivity index (χ0v) is 18.3. The van der Waals surface area contributed by atoms with Crippen molar-refractivity contribution in [3.63, 3.8) is 0 Å². The average molecular weight is 447 g/mol. The van der Waals surface area contributed by atoms with E-state index in [9.17, 15) is 19.2 Å². The maximum absolute atomic E-state index is 12.6. The Morgan fingerprint density at radius 3 is 2.56 bits per heavy atom. The van der Waals surface area contributed by atoms with Gasteiger partial charge in [0.15, 0.2) is 0 Å². The van der Waals surface area contributed by atoms with E-state index < -0.39 is 12.0 Å². The molecule has 2 aliphatic rings. The van der Waals surface area contributed by atoms with Crippen molar-refractivity contribution in [3.05, 3.63) is 29.8 Å². The van der Waals surface area contributed by atoms with E-state index in [0.29, 0.717) is 63.7 Å². The summed E-state index contributed by atoms with van der Waals surface area (Å²) < 4.78 is 10.3. The van der Waals surface area contributed by atoms with Crippen molar-refractivity contribution in [2.75, 3.05) is 57.9 Å². The zero-order valence-electron chi connectivity index (χ0n) is 18.3.